The van der Waals surface area contributed by atoms with Gasteiger partial charge in [0.15, 0.2) is 0 Å². The predicted octanol–water partition coefficient (Wildman–Crippen LogP) is 4.62. The highest BCUT2D eigenvalue weighted by Gasteiger charge is 2.19. The molecule has 0 bridgehead atoms. The third kappa shape index (κ3) is 2.46. The molecule has 0 saturated heterocycles. The van der Waals surface area contributed by atoms with Crippen LogP contribution in [0, 0.1) is 0 Å². The van der Waals surface area contributed by atoms with Crippen LogP contribution < -0.4 is 0 Å². The molecule has 18 heavy (non-hydrogen) atoms. The van der Waals surface area contributed by atoms with Crippen LogP contribution in [-0.2, 0) is 19.6 Å². The Hall–Kier alpha value is -0.830. The quantitative estimate of drug-likeness (QED) is 0.780. The Balaban J connectivity index is 1.77. The number of benzene rings is 2. The number of halogens is 2. The molecule has 1 aliphatic heterocycles. The lowest BCUT2D eigenvalue weighted by Crippen LogP contribution is -2.15. The van der Waals surface area contributed by atoms with Crippen molar-refractivity contribution in [2.45, 2.75) is 19.6 Å². The summed E-state index contributed by atoms with van der Waals surface area (Å²) in [5.41, 5.74) is 4.03. The minimum atomic E-state index is 0.856. The number of rotatable bonds is 2. The van der Waals surface area contributed by atoms with Gasteiger partial charge in [-0.15, -0.1) is 0 Å². The van der Waals surface area contributed by atoms with Crippen molar-refractivity contribution in [1.29, 1.82) is 0 Å². The second-order valence-electron chi connectivity index (χ2n) is 4.65. The van der Waals surface area contributed by atoms with Crippen molar-refractivity contribution in [2.75, 3.05) is 0 Å². The van der Waals surface area contributed by atoms with E-state index in [-0.39, 0.29) is 0 Å². The predicted molar refractivity (Wildman–Crippen MR) is 78.5 cm³/mol. The van der Waals surface area contributed by atoms with E-state index >= 15 is 0 Å². The van der Waals surface area contributed by atoms with E-state index in [9.17, 15) is 0 Å². The minimum absolute atomic E-state index is 0.856. The summed E-state index contributed by atoms with van der Waals surface area (Å²) >= 11 is 9.73. The monoisotopic (exact) mass is 321 g/mol. The fraction of sp³-hybridized carbons (Fsp3) is 0.200. The Kier molecular flexibility index (Phi) is 3.42. The minimum Gasteiger partial charge on any atom is -0.291 e. The Labute approximate surface area is 121 Å². The van der Waals surface area contributed by atoms with Gasteiger partial charge in [-0.05, 0) is 34.9 Å². The van der Waals surface area contributed by atoms with Gasteiger partial charge in [0.2, 0.25) is 0 Å². The maximum Gasteiger partial charge on any atom is 0.0451 e. The molecule has 0 N–H and O–H groups in total. The van der Waals surface area contributed by atoms with Crippen molar-refractivity contribution in [1.82, 2.24) is 4.90 Å². The van der Waals surface area contributed by atoms with E-state index in [0.29, 0.717) is 0 Å². The van der Waals surface area contributed by atoms with Crippen molar-refractivity contribution in [3.05, 3.63) is 68.7 Å². The Bertz CT molecular complexity index is 582. The second-order valence-corrected chi connectivity index (χ2v) is 5.97. The molecule has 3 rings (SSSR count). The molecule has 3 heteroatoms. The van der Waals surface area contributed by atoms with Crippen LogP contribution in [0.1, 0.15) is 16.7 Å². The average molecular weight is 323 g/mol. The van der Waals surface area contributed by atoms with E-state index < -0.39 is 0 Å². The van der Waals surface area contributed by atoms with Crippen LogP contribution in [0.4, 0.5) is 0 Å². The third-order valence-electron chi connectivity index (χ3n) is 3.31. The van der Waals surface area contributed by atoms with E-state index in [4.69, 9.17) is 11.6 Å². The molecule has 1 heterocycles. The first-order valence-electron chi connectivity index (χ1n) is 5.95. The lowest BCUT2D eigenvalue weighted by atomic mass is 10.1. The number of nitrogens with zero attached hydrogens (tertiary/aromatic N) is 1. The van der Waals surface area contributed by atoms with Gasteiger partial charge in [0.05, 0.1) is 0 Å². The molecule has 92 valence electrons. The van der Waals surface area contributed by atoms with Crippen molar-refractivity contribution in [2.24, 2.45) is 0 Å². The molecule has 0 atom stereocenters. The van der Waals surface area contributed by atoms with Gasteiger partial charge in [-0.25, -0.2) is 0 Å². The average Bonchev–Trinajstić information content (AvgIpc) is 2.73. The molecule has 0 radical (unpaired) electrons. The van der Waals surface area contributed by atoms with Crippen LogP contribution >= 0.6 is 27.5 Å². The normalized spacial score (nSPS) is 14.8. The molecule has 0 fully saturated rings. The highest BCUT2D eigenvalue weighted by atomic mass is 79.9. The molecular formula is C15H13BrClN. The molecule has 0 spiro atoms. The van der Waals surface area contributed by atoms with E-state index in [0.717, 1.165) is 29.1 Å². The molecule has 2 aromatic rings. The summed E-state index contributed by atoms with van der Waals surface area (Å²) in [6.45, 7) is 2.92. The van der Waals surface area contributed by atoms with Crippen LogP contribution in [0.3, 0.4) is 0 Å². The van der Waals surface area contributed by atoms with Gasteiger partial charge in [-0.2, -0.15) is 0 Å². The van der Waals surface area contributed by atoms with E-state index in [1.54, 1.807) is 0 Å². The molecule has 0 aliphatic carbocycles. The summed E-state index contributed by atoms with van der Waals surface area (Å²) in [4.78, 5) is 2.42. The van der Waals surface area contributed by atoms with Crippen LogP contribution in [0.5, 0.6) is 0 Å². The summed E-state index contributed by atoms with van der Waals surface area (Å²) in [6, 6.07) is 14.6. The van der Waals surface area contributed by atoms with Gasteiger partial charge in [0.1, 0.15) is 0 Å². The van der Waals surface area contributed by atoms with Crippen LogP contribution in [0.25, 0.3) is 0 Å². The largest absolute Gasteiger partial charge is 0.291 e. The molecule has 2 aromatic carbocycles. The first-order chi connectivity index (χ1) is 8.72. The van der Waals surface area contributed by atoms with Gasteiger partial charge in [0.25, 0.3) is 0 Å². The fourth-order valence-corrected chi connectivity index (χ4v) is 3.02. The SMILES string of the molecule is Clc1ccccc1CN1Cc2ccc(Br)cc2C1. The summed E-state index contributed by atoms with van der Waals surface area (Å²) in [5, 5.41) is 0.856. The van der Waals surface area contributed by atoms with Gasteiger partial charge in [-0.3, -0.25) is 4.90 Å². The Morgan fingerprint density at radius 2 is 1.83 bits per heavy atom. The summed E-state index contributed by atoms with van der Waals surface area (Å²) in [7, 11) is 0. The Morgan fingerprint density at radius 3 is 2.67 bits per heavy atom. The number of hydrogen-bond acceptors (Lipinski definition) is 1. The summed E-state index contributed by atoms with van der Waals surface area (Å²) in [5.74, 6) is 0. The topological polar surface area (TPSA) is 3.24 Å². The van der Waals surface area contributed by atoms with Gasteiger partial charge < -0.3 is 0 Å². The van der Waals surface area contributed by atoms with Crippen molar-refractivity contribution >= 4 is 27.5 Å². The smallest absolute Gasteiger partial charge is 0.0451 e. The third-order valence-corrected chi connectivity index (χ3v) is 4.17. The Morgan fingerprint density at radius 1 is 1.06 bits per heavy atom. The van der Waals surface area contributed by atoms with Crippen LogP contribution in [0.15, 0.2) is 46.9 Å². The van der Waals surface area contributed by atoms with Gasteiger partial charge >= 0.3 is 0 Å². The van der Waals surface area contributed by atoms with E-state index in [1.807, 2.05) is 18.2 Å². The summed E-state index contributed by atoms with van der Waals surface area (Å²) in [6.07, 6.45) is 0. The van der Waals surface area contributed by atoms with Gasteiger partial charge in [-0.1, -0.05) is 51.8 Å². The first-order valence-corrected chi connectivity index (χ1v) is 7.12. The zero-order chi connectivity index (χ0) is 12.5. The highest BCUT2D eigenvalue weighted by molar-refractivity contribution is 9.10. The molecule has 1 nitrogen and oxygen atoms in total. The first kappa shape index (κ1) is 12.2. The molecule has 1 aliphatic rings. The summed E-state index contributed by atoms with van der Waals surface area (Å²) < 4.78 is 1.15. The van der Waals surface area contributed by atoms with E-state index in [2.05, 4.69) is 45.1 Å². The molecule has 0 unspecified atom stereocenters. The molecule has 0 amide bonds. The lowest BCUT2D eigenvalue weighted by molar-refractivity contribution is 0.275. The van der Waals surface area contributed by atoms with Crippen molar-refractivity contribution < 1.29 is 0 Å². The van der Waals surface area contributed by atoms with Crippen molar-refractivity contribution in [3.8, 4) is 0 Å². The molecular weight excluding hydrogens is 310 g/mol. The zero-order valence-corrected chi connectivity index (χ0v) is 12.2. The van der Waals surface area contributed by atoms with Crippen LogP contribution in [0.2, 0.25) is 5.02 Å². The zero-order valence-electron chi connectivity index (χ0n) is 9.87. The lowest BCUT2D eigenvalue weighted by Gasteiger charge is -2.15. The van der Waals surface area contributed by atoms with Crippen molar-refractivity contribution in [3.63, 3.8) is 0 Å². The maximum atomic E-state index is 6.21. The molecule has 0 saturated carbocycles. The van der Waals surface area contributed by atoms with Crippen LogP contribution in [-0.4, -0.2) is 4.90 Å². The molecule has 0 aromatic heterocycles. The maximum absolute atomic E-state index is 6.21. The number of fused-ring (bicyclic) bond motifs is 1. The number of hydrogen-bond donors (Lipinski definition) is 0. The standard InChI is InChI=1S/C15H13BrClN/c16-14-6-5-11-8-18(10-13(11)7-14)9-12-3-1-2-4-15(12)17/h1-7H,8-10H2. The van der Waals surface area contributed by atoms with Gasteiger partial charge in [0, 0.05) is 29.1 Å². The van der Waals surface area contributed by atoms with E-state index in [1.165, 1.54) is 16.7 Å². The second kappa shape index (κ2) is 5.04. The fourth-order valence-electron chi connectivity index (χ4n) is 2.41. The highest BCUT2D eigenvalue weighted by Crippen LogP contribution is 2.28.